The molecule has 2 heterocycles. The van der Waals surface area contributed by atoms with Gasteiger partial charge in [0.15, 0.2) is 5.17 Å². The number of aliphatic imine (C=N–C) groups is 1. The van der Waals surface area contributed by atoms with Gasteiger partial charge in [0.05, 0.1) is 18.7 Å². The Balaban J connectivity index is 1.18. The van der Waals surface area contributed by atoms with Crippen molar-refractivity contribution in [2.45, 2.75) is 31.2 Å². The molecule has 1 unspecified atom stereocenters. The van der Waals surface area contributed by atoms with Gasteiger partial charge in [-0.3, -0.25) is 19.3 Å². The summed E-state index contributed by atoms with van der Waals surface area (Å²) in [5.74, 6) is -0.517. The van der Waals surface area contributed by atoms with Gasteiger partial charge < -0.3 is 10.6 Å². The lowest BCUT2D eigenvalue weighted by Gasteiger charge is -2.21. The van der Waals surface area contributed by atoms with Crippen LogP contribution in [-0.2, 0) is 27.3 Å². The molecule has 0 spiro atoms. The van der Waals surface area contributed by atoms with Gasteiger partial charge in [-0.15, -0.1) is 0 Å². The molecule has 8 heteroatoms. The van der Waals surface area contributed by atoms with Crippen molar-refractivity contribution in [3.63, 3.8) is 0 Å². The van der Waals surface area contributed by atoms with E-state index < -0.39 is 6.04 Å². The van der Waals surface area contributed by atoms with Crippen LogP contribution in [0.5, 0.6) is 0 Å². The fourth-order valence-corrected chi connectivity index (χ4v) is 5.22. The van der Waals surface area contributed by atoms with Crippen LogP contribution in [0.2, 0.25) is 0 Å². The first-order valence-electron chi connectivity index (χ1n) is 11.4. The Labute approximate surface area is 207 Å². The average Bonchev–Trinajstić information content (AvgIpc) is 3.18. The van der Waals surface area contributed by atoms with E-state index in [0.717, 1.165) is 27.5 Å². The number of para-hydroxylation sites is 1. The van der Waals surface area contributed by atoms with Crippen LogP contribution in [0.4, 0.5) is 11.4 Å². The average molecular weight is 485 g/mol. The maximum atomic E-state index is 13.0. The molecule has 176 valence electrons. The fraction of sp³-hybridized carbons (Fsp3) is 0.185. The predicted molar refractivity (Wildman–Crippen MR) is 137 cm³/mol. The smallest absolute Gasteiger partial charge is 0.246 e. The predicted octanol–water partition coefficient (Wildman–Crippen LogP) is 4.19. The van der Waals surface area contributed by atoms with Gasteiger partial charge in [-0.25, -0.2) is 4.99 Å². The molecule has 2 atom stereocenters. The highest BCUT2D eigenvalue weighted by Gasteiger charge is 2.40. The fourth-order valence-electron chi connectivity index (χ4n) is 4.06. The topological polar surface area (TPSA) is 90.9 Å². The molecule has 3 aromatic carbocycles. The lowest BCUT2D eigenvalue weighted by molar-refractivity contribution is -0.126. The number of thioether (sulfide) groups is 1. The Morgan fingerprint density at radius 3 is 2.51 bits per heavy atom. The molecule has 5 rings (SSSR count). The molecule has 0 saturated carbocycles. The molecule has 2 N–H and O–H groups in total. The summed E-state index contributed by atoms with van der Waals surface area (Å²) in [7, 11) is 0. The molecule has 0 aromatic heterocycles. The molecule has 35 heavy (non-hydrogen) atoms. The lowest BCUT2D eigenvalue weighted by atomic mass is 10.1. The zero-order valence-corrected chi connectivity index (χ0v) is 19.9. The number of amidine groups is 1. The second-order valence-electron chi connectivity index (χ2n) is 8.51. The molecule has 7 nitrogen and oxygen atoms in total. The van der Waals surface area contributed by atoms with Gasteiger partial charge in [-0.05, 0) is 41.8 Å². The first kappa shape index (κ1) is 22.9. The van der Waals surface area contributed by atoms with E-state index in [1.54, 1.807) is 24.0 Å². The van der Waals surface area contributed by atoms with Gasteiger partial charge in [0.25, 0.3) is 0 Å². The number of carbonyl (C=O) groups excluding carboxylic acids is 3. The normalized spacial score (nSPS) is 17.2. The third kappa shape index (κ3) is 4.97. The van der Waals surface area contributed by atoms with Crippen molar-refractivity contribution < 1.29 is 14.4 Å². The summed E-state index contributed by atoms with van der Waals surface area (Å²) in [5, 5.41) is 5.90. The molecule has 3 aromatic rings. The van der Waals surface area contributed by atoms with Gasteiger partial charge in [0.2, 0.25) is 17.7 Å². The van der Waals surface area contributed by atoms with Crippen LogP contribution in [0.1, 0.15) is 28.9 Å². The van der Waals surface area contributed by atoms with Crippen molar-refractivity contribution >= 4 is 46.0 Å². The largest absolute Gasteiger partial charge is 0.344 e. The van der Waals surface area contributed by atoms with Crippen molar-refractivity contribution in [1.82, 2.24) is 10.2 Å². The number of hydrogen-bond acceptors (Lipinski definition) is 5. The first-order chi connectivity index (χ1) is 17.0. The highest BCUT2D eigenvalue weighted by molar-refractivity contribution is 8.15. The summed E-state index contributed by atoms with van der Waals surface area (Å²) in [6, 6.07) is 23.8. The minimum absolute atomic E-state index is 0.00906. The van der Waals surface area contributed by atoms with Crippen LogP contribution in [0.3, 0.4) is 0 Å². The highest BCUT2D eigenvalue weighted by Crippen LogP contribution is 2.44. The lowest BCUT2D eigenvalue weighted by Crippen LogP contribution is -2.42. The summed E-state index contributed by atoms with van der Waals surface area (Å²) in [6.07, 6.45) is 0.216. The maximum Gasteiger partial charge on any atom is 0.246 e. The van der Waals surface area contributed by atoms with E-state index in [1.807, 2.05) is 66.7 Å². The van der Waals surface area contributed by atoms with E-state index in [4.69, 9.17) is 0 Å². The van der Waals surface area contributed by atoms with E-state index in [0.29, 0.717) is 12.2 Å². The molecule has 0 aliphatic carbocycles. The van der Waals surface area contributed by atoms with Crippen molar-refractivity contribution in [2.75, 3.05) is 5.32 Å². The molecule has 0 bridgehead atoms. The zero-order valence-electron chi connectivity index (χ0n) is 19.1. The summed E-state index contributed by atoms with van der Waals surface area (Å²) < 4.78 is 0. The van der Waals surface area contributed by atoms with Crippen molar-refractivity contribution in [2.24, 2.45) is 4.99 Å². The first-order valence-corrected chi connectivity index (χ1v) is 12.2. The third-order valence-corrected chi connectivity index (χ3v) is 7.17. The van der Waals surface area contributed by atoms with Gasteiger partial charge in [-0.2, -0.15) is 0 Å². The van der Waals surface area contributed by atoms with Crippen molar-refractivity contribution in [3.05, 3.63) is 95.6 Å². The number of rotatable bonds is 6. The number of fused-ring (bicyclic) bond motifs is 2. The summed E-state index contributed by atoms with van der Waals surface area (Å²) in [5.41, 5.74) is 4.28. The van der Waals surface area contributed by atoms with Gasteiger partial charge in [0.1, 0.15) is 11.3 Å². The summed E-state index contributed by atoms with van der Waals surface area (Å²) >= 11 is 1.44. The maximum absolute atomic E-state index is 13.0. The van der Waals surface area contributed by atoms with Crippen LogP contribution in [0.15, 0.2) is 83.9 Å². The van der Waals surface area contributed by atoms with Crippen LogP contribution in [0, 0.1) is 0 Å². The number of anilines is 1. The van der Waals surface area contributed by atoms with Crippen LogP contribution in [0.25, 0.3) is 0 Å². The summed E-state index contributed by atoms with van der Waals surface area (Å²) in [4.78, 5) is 44.2. The number of nitrogens with zero attached hydrogens (tertiary/aromatic N) is 2. The van der Waals surface area contributed by atoms with Crippen LogP contribution >= 0.6 is 11.8 Å². The van der Waals surface area contributed by atoms with E-state index in [2.05, 4.69) is 15.6 Å². The Kier molecular flexibility index (Phi) is 6.37. The van der Waals surface area contributed by atoms with Crippen LogP contribution in [-0.4, -0.2) is 33.8 Å². The highest BCUT2D eigenvalue weighted by atomic mass is 32.2. The van der Waals surface area contributed by atoms with Gasteiger partial charge in [0, 0.05) is 5.69 Å². The molecular weight excluding hydrogens is 460 g/mol. The monoisotopic (exact) mass is 484 g/mol. The number of carbonyl (C=O) groups is 3. The molecule has 0 radical (unpaired) electrons. The molecular formula is C27H24N4O3S. The van der Waals surface area contributed by atoms with E-state index >= 15 is 0 Å². The number of hydrogen-bond donors (Lipinski definition) is 2. The number of benzene rings is 3. The quantitative estimate of drug-likeness (QED) is 0.549. The zero-order chi connectivity index (χ0) is 24.4. The Morgan fingerprint density at radius 2 is 1.74 bits per heavy atom. The number of nitrogens with one attached hydrogen (secondary N) is 2. The van der Waals surface area contributed by atoms with Crippen molar-refractivity contribution in [1.29, 1.82) is 0 Å². The van der Waals surface area contributed by atoms with Crippen molar-refractivity contribution in [3.8, 4) is 0 Å². The Hall–Kier alpha value is -3.91. The molecule has 1 fully saturated rings. The standard InChI is InChI=1S/C27H24N4O3S/c1-17(28-23(32)15-18-7-3-2-4-8-18)25(33)29-21-13-11-19(12-14-21)24-26(34)31-16-20-9-5-6-10-22(20)30-27(31)35-24/h2-14,17,24H,15-16H2,1H3,(H,28,32)(H,29,33)/t17-,24?/m0/s1. The van der Waals surface area contributed by atoms with E-state index in [9.17, 15) is 14.4 Å². The SMILES string of the molecule is C[C@H](NC(=O)Cc1ccccc1)C(=O)Nc1ccc(C2SC3=Nc4ccccc4CN3C2=O)cc1. The second kappa shape index (κ2) is 9.76. The number of amides is 3. The van der Waals surface area contributed by atoms with E-state index in [1.165, 1.54) is 11.8 Å². The Morgan fingerprint density at radius 1 is 1.03 bits per heavy atom. The Bertz CT molecular complexity index is 1310. The molecule has 1 saturated heterocycles. The molecule has 2 aliphatic heterocycles. The van der Waals surface area contributed by atoms with Gasteiger partial charge in [-0.1, -0.05) is 72.4 Å². The summed E-state index contributed by atoms with van der Waals surface area (Å²) in [6.45, 7) is 2.18. The van der Waals surface area contributed by atoms with Crippen LogP contribution < -0.4 is 10.6 Å². The minimum atomic E-state index is -0.687. The molecule has 3 amide bonds. The third-order valence-electron chi connectivity index (χ3n) is 5.94. The minimum Gasteiger partial charge on any atom is -0.344 e. The second-order valence-corrected chi connectivity index (χ2v) is 9.58. The molecule has 2 aliphatic rings. The van der Waals surface area contributed by atoms with E-state index in [-0.39, 0.29) is 29.4 Å². The van der Waals surface area contributed by atoms with Gasteiger partial charge >= 0.3 is 0 Å².